The number of hydrogen-bond acceptors (Lipinski definition) is 1. The Morgan fingerprint density at radius 2 is 0.844 bits per heavy atom. The maximum Gasteiger partial charge on any atom is 0.0714 e. The van der Waals surface area contributed by atoms with Gasteiger partial charge in [-0.05, 0) is 99.1 Å². The van der Waals surface area contributed by atoms with Gasteiger partial charge in [0.15, 0.2) is 0 Å². The molecule has 14 rings (SSSR count). The monoisotopic (exact) mass is 830 g/mol. The van der Waals surface area contributed by atoms with Crippen LogP contribution in [0.5, 0.6) is 0 Å². The van der Waals surface area contributed by atoms with Gasteiger partial charge in [-0.15, -0.1) is 11.3 Å². The summed E-state index contributed by atoms with van der Waals surface area (Å²) in [4.78, 5) is 0. The molecule has 3 heteroatoms. The van der Waals surface area contributed by atoms with Crippen LogP contribution in [-0.2, 0) is 5.41 Å². The van der Waals surface area contributed by atoms with Crippen LogP contribution < -0.4 is 0 Å². The summed E-state index contributed by atoms with van der Waals surface area (Å²) in [7, 11) is 0. The molecule has 0 spiro atoms. The van der Waals surface area contributed by atoms with Gasteiger partial charge in [0, 0.05) is 53.1 Å². The Morgan fingerprint density at radius 1 is 0.312 bits per heavy atom. The summed E-state index contributed by atoms with van der Waals surface area (Å²) in [5.74, 6) is 0. The first kappa shape index (κ1) is 35.6. The van der Waals surface area contributed by atoms with Crippen molar-refractivity contribution in [1.82, 2.24) is 9.13 Å². The lowest BCUT2D eigenvalue weighted by Gasteiger charge is -2.34. The van der Waals surface area contributed by atoms with E-state index >= 15 is 0 Å². The standard InChI is InChI=1S/C61H38N2S/c1-3-16-40(17-4-1)61(41-18-5-2-6-19-41)53-26-11-7-20-45(53)46-35-34-43(36-54(46)61)63-56-28-13-9-22-48(56)52-37-51-47-21-8-12-27-55(47)62(57(51)38-58(52)63)42-32-30-39(31-33-42)44-24-15-25-50-49-23-10-14-29-59(49)64-60(44)50/h1-38H. The summed E-state index contributed by atoms with van der Waals surface area (Å²) in [6, 6.07) is 85.8. The van der Waals surface area contributed by atoms with Crippen LogP contribution in [-0.4, -0.2) is 9.13 Å². The highest BCUT2D eigenvalue weighted by atomic mass is 32.1. The second kappa shape index (κ2) is 13.5. The average Bonchev–Trinajstić information content (AvgIpc) is 4.09. The zero-order chi connectivity index (χ0) is 41.9. The molecule has 3 heterocycles. The van der Waals surface area contributed by atoms with Gasteiger partial charge in [-0.1, -0.05) is 176 Å². The van der Waals surface area contributed by atoms with E-state index in [9.17, 15) is 0 Å². The number of benzene rings is 10. The Balaban J connectivity index is 1.00. The zero-order valence-corrected chi connectivity index (χ0v) is 35.6. The first-order valence-electron chi connectivity index (χ1n) is 22.1. The number of fused-ring (bicyclic) bond motifs is 12. The second-order valence-electron chi connectivity index (χ2n) is 17.2. The minimum absolute atomic E-state index is 0.489. The van der Waals surface area contributed by atoms with E-state index in [4.69, 9.17) is 0 Å². The van der Waals surface area contributed by atoms with E-state index in [0.717, 1.165) is 11.4 Å². The normalized spacial score (nSPS) is 13.1. The van der Waals surface area contributed by atoms with E-state index in [-0.39, 0.29) is 0 Å². The average molecular weight is 831 g/mol. The third-order valence-electron chi connectivity index (χ3n) is 14.0. The van der Waals surface area contributed by atoms with Gasteiger partial charge >= 0.3 is 0 Å². The molecule has 64 heavy (non-hydrogen) atoms. The minimum Gasteiger partial charge on any atom is -0.309 e. The lowest BCUT2D eigenvalue weighted by Crippen LogP contribution is -2.28. The van der Waals surface area contributed by atoms with E-state index in [2.05, 4.69) is 240 Å². The molecule has 3 aromatic heterocycles. The molecule has 0 N–H and O–H groups in total. The molecule has 0 aliphatic heterocycles. The maximum atomic E-state index is 2.50. The Hall–Kier alpha value is -7.98. The minimum atomic E-state index is -0.489. The van der Waals surface area contributed by atoms with Crippen LogP contribution in [0.1, 0.15) is 22.3 Å². The first-order chi connectivity index (χ1) is 31.8. The molecule has 0 saturated heterocycles. The van der Waals surface area contributed by atoms with E-state index in [1.54, 1.807) is 0 Å². The van der Waals surface area contributed by atoms with Gasteiger partial charge in [-0.3, -0.25) is 0 Å². The van der Waals surface area contributed by atoms with Gasteiger partial charge in [-0.25, -0.2) is 0 Å². The molecule has 1 aliphatic rings. The largest absolute Gasteiger partial charge is 0.309 e. The van der Waals surface area contributed by atoms with Crippen molar-refractivity contribution < 1.29 is 0 Å². The highest BCUT2D eigenvalue weighted by Crippen LogP contribution is 2.56. The second-order valence-corrected chi connectivity index (χ2v) is 18.2. The summed E-state index contributed by atoms with van der Waals surface area (Å²) in [6.45, 7) is 0. The van der Waals surface area contributed by atoms with Crippen molar-refractivity contribution in [2.24, 2.45) is 0 Å². The third kappa shape index (κ3) is 4.85. The van der Waals surface area contributed by atoms with Crippen molar-refractivity contribution in [1.29, 1.82) is 0 Å². The summed E-state index contributed by atoms with van der Waals surface area (Å²) in [5.41, 5.74) is 16.8. The molecule has 10 aromatic carbocycles. The van der Waals surface area contributed by atoms with Crippen LogP contribution in [0.15, 0.2) is 231 Å². The first-order valence-corrected chi connectivity index (χ1v) is 22.9. The fraction of sp³-hybridized carbons (Fsp3) is 0.0164. The molecule has 0 amide bonds. The summed E-state index contributed by atoms with van der Waals surface area (Å²) < 4.78 is 7.63. The topological polar surface area (TPSA) is 9.86 Å². The summed E-state index contributed by atoms with van der Waals surface area (Å²) in [6.07, 6.45) is 0. The van der Waals surface area contributed by atoms with Crippen molar-refractivity contribution in [2.75, 3.05) is 0 Å². The van der Waals surface area contributed by atoms with Crippen LogP contribution >= 0.6 is 11.3 Å². The van der Waals surface area contributed by atoms with Crippen LogP contribution in [0.3, 0.4) is 0 Å². The number of nitrogens with zero attached hydrogens (tertiary/aromatic N) is 2. The van der Waals surface area contributed by atoms with Crippen molar-refractivity contribution in [3.63, 3.8) is 0 Å². The van der Waals surface area contributed by atoms with E-state index in [1.165, 1.54) is 108 Å². The smallest absolute Gasteiger partial charge is 0.0714 e. The highest BCUT2D eigenvalue weighted by Gasteiger charge is 2.46. The predicted octanol–water partition coefficient (Wildman–Crippen LogP) is 16.3. The molecule has 2 nitrogen and oxygen atoms in total. The van der Waals surface area contributed by atoms with E-state index in [0.29, 0.717) is 0 Å². The van der Waals surface area contributed by atoms with Gasteiger partial charge in [-0.2, -0.15) is 0 Å². The predicted molar refractivity (Wildman–Crippen MR) is 271 cm³/mol. The molecular formula is C61H38N2S. The van der Waals surface area contributed by atoms with Gasteiger partial charge in [0.1, 0.15) is 0 Å². The molecule has 0 radical (unpaired) electrons. The Morgan fingerprint density at radius 3 is 1.55 bits per heavy atom. The Bertz CT molecular complexity index is 3960. The number of para-hydroxylation sites is 2. The van der Waals surface area contributed by atoms with Crippen molar-refractivity contribution in [2.45, 2.75) is 5.41 Å². The molecule has 0 fully saturated rings. The Labute approximate surface area is 374 Å². The highest BCUT2D eigenvalue weighted by molar-refractivity contribution is 7.26. The van der Waals surface area contributed by atoms with Crippen LogP contribution in [0.25, 0.3) is 97.4 Å². The van der Waals surface area contributed by atoms with Gasteiger partial charge in [0.05, 0.1) is 27.5 Å². The van der Waals surface area contributed by atoms with Crippen LogP contribution in [0, 0.1) is 0 Å². The van der Waals surface area contributed by atoms with Gasteiger partial charge in [0.25, 0.3) is 0 Å². The fourth-order valence-electron chi connectivity index (χ4n) is 11.3. The number of rotatable bonds is 5. The van der Waals surface area contributed by atoms with Crippen LogP contribution in [0.2, 0.25) is 0 Å². The molecule has 13 aromatic rings. The number of thiophene rings is 1. The Kier molecular flexibility index (Phi) is 7.51. The van der Waals surface area contributed by atoms with Crippen molar-refractivity contribution in [3.8, 4) is 33.6 Å². The molecule has 1 aliphatic carbocycles. The molecule has 0 unspecified atom stereocenters. The molecule has 298 valence electrons. The number of aromatic nitrogens is 2. The molecular weight excluding hydrogens is 793 g/mol. The van der Waals surface area contributed by atoms with Crippen molar-refractivity contribution in [3.05, 3.63) is 253 Å². The number of hydrogen-bond donors (Lipinski definition) is 0. The SMILES string of the molecule is c1ccc(C2(c3ccccc3)c3ccccc3-c3ccc(-n4c5ccccc5c5cc6c7ccccc7n(-c7ccc(-c8cccc9c8sc8ccccc89)cc7)c6cc54)cc32)cc1. The summed E-state index contributed by atoms with van der Waals surface area (Å²) >= 11 is 1.88. The summed E-state index contributed by atoms with van der Waals surface area (Å²) in [5, 5.41) is 7.65. The molecule has 0 atom stereocenters. The molecule has 0 saturated carbocycles. The van der Waals surface area contributed by atoms with E-state index < -0.39 is 5.41 Å². The zero-order valence-electron chi connectivity index (χ0n) is 34.7. The fourth-order valence-corrected chi connectivity index (χ4v) is 12.6. The van der Waals surface area contributed by atoms with Gasteiger partial charge in [0.2, 0.25) is 0 Å². The quantitative estimate of drug-likeness (QED) is 0.164. The molecule has 0 bridgehead atoms. The van der Waals surface area contributed by atoms with Crippen molar-refractivity contribution >= 4 is 75.1 Å². The lowest BCUT2D eigenvalue weighted by molar-refractivity contribution is 0.767. The lowest BCUT2D eigenvalue weighted by atomic mass is 9.67. The third-order valence-corrected chi connectivity index (χ3v) is 15.2. The van der Waals surface area contributed by atoms with E-state index in [1.807, 2.05) is 11.3 Å². The van der Waals surface area contributed by atoms with Gasteiger partial charge < -0.3 is 9.13 Å². The maximum absolute atomic E-state index is 2.50. The van der Waals surface area contributed by atoms with Crippen LogP contribution in [0.4, 0.5) is 0 Å².